The molecule has 6 aliphatic heterocycles. The van der Waals surface area contributed by atoms with E-state index in [1.54, 1.807) is 5.06 Å². The van der Waals surface area contributed by atoms with Gasteiger partial charge in [-0.05, 0) is 228 Å². The second-order valence-corrected chi connectivity index (χ2v) is 43.8. The van der Waals surface area contributed by atoms with E-state index in [0.717, 1.165) is 89.0 Å². The van der Waals surface area contributed by atoms with Crippen molar-refractivity contribution in [3.05, 3.63) is 34.9 Å². The van der Waals surface area contributed by atoms with Crippen LogP contribution in [0.4, 0.5) is 0 Å². The molecule has 616 valence electrons. The molecule has 17 nitrogen and oxygen atoms in total. The zero-order chi connectivity index (χ0) is 83.7. The molecule has 105 heavy (non-hydrogen) atoms. The SMILES string of the molecule is CC(C)(C)C(=O)C1CC(C)(C)N(O)C(C)(C)C1.CC(C)(C)C(=O)C1CC(C)(C)N(O)C1(C)C.CC(C)(C)CC(=O)NC1CC(C)(C)N(O)C1(C)C.CC(C)(C)CC1=CC(C)(C)N(O)C1(C)C.CCC1(CC)C=C(C(=O)C(C)(C)C)C(CC)(CC)N1O.CCC1(CC)C=C(CC(C)(C)C)C(CC)(CC)N1O. The van der Waals surface area contributed by atoms with Gasteiger partial charge in [0.15, 0.2) is 5.78 Å². The average Bonchev–Trinajstić information content (AvgIpc) is 1.62. The van der Waals surface area contributed by atoms with E-state index >= 15 is 0 Å². The second-order valence-electron chi connectivity index (χ2n) is 43.8. The highest BCUT2D eigenvalue weighted by molar-refractivity contribution is 6.02. The Hall–Kier alpha value is -2.78. The molecule has 0 radical (unpaired) electrons. The molecule has 0 aliphatic carbocycles. The lowest BCUT2D eigenvalue weighted by Gasteiger charge is -2.51. The third-order valence-corrected chi connectivity index (χ3v) is 24.3. The molecule has 7 N–H and O–H groups in total. The lowest BCUT2D eigenvalue weighted by Crippen LogP contribution is -2.60. The third kappa shape index (κ3) is 23.2. The molecule has 17 heteroatoms. The van der Waals surface area contributed by atoms with Gasteiger partial charge in [0.1, 0.15) is 11.6 Å². The van der Waals surface area contributed by atoms with Crippen molar-refractivity contribution in [2.75, 3.05) is 0 Å². The molecule has 3 saturated heterocycles. The molecular weight excluding hydrogens is 1320 g/mol. The van der Waals surface area contributed by atoms with Crippen LogP contribution < -0.4 is 5.32 Å². The monoisotopic (exact) mass is 1480 g/mol. The number of piperidine rings is 1. The molecule has 0 aromatic carbocycles. The Balaban J connectivity index is 0.000000631. The number of nitrogens with zero attached hydrogens (tertiary/aromatic N) is 6. The predicted molar refractivity (Wildman–Crippen MR) is 435 cm³/mol. The summed E-state index contributed by atoms with van der Waals surface area (Å²) in [7, 11) is 0. The number of hydrogen-bond acceptors (Lipinski definition) is 16. The number of rotatable bonds is 15. The van der Waals surface area contributed by atoms with E-state index in [1.165, 1.54) is 36.5 Å². The minimum Gasteiger partial charge on any atom is -0.351 e. The molecule has 6 heterocycles. The van der Waals surface area contributed by atoms with Crippen LogP contribution in [0.15, 0.2) is 34.9 Å². The number of carbonyl (C=O) groups is 4. The topological polar surface area (TPSA) is 221 Å². The van der Waals surface area contributed by atoms with Gasteiger partial charge in [0.25, 0.3) is 0 Å². The number of ketones is 3. The lowest BCUT2D eigenvalue weighted by atomic mass is 9.69. The second kappa shape index (κ2) is 34.3. The van der Waals surface area contributed by atoms with Crippen molar-refractivity contribution in [3.8, 4) is 0 Å². The minimum absolute atomic E-state index is 0.0126. The van der Waals surface area contributed by atoms with E-state index in [9.17, 15) is 50.4 Å². The van der Waals surface area contributed by atoms with Crippen molar-refractivity contribution in [2.24, 2.45) is 44.3 Å². The molecule has 0 spiro atoms. The van der Waals surface area contributed by atoms with Gasteiger partial charge < -0.3 is 36.6 Å². The van der Waals surface area contributed by atoms with E-state index in [-0.39, 0.29) is 107 Å². The van der Waals surface area contributed by atoms with Gasteiger partial charge in [-0.25, -0.2) is 0 Å². The fourth-order valence-corrected chi connectivity index (χ4v) is 17.8. The lowest BCUT2D eigenvalue weighted by molar-refractivity contribution is -0.250. The smallest absolute Gasteiger partial charge is 0.220 e. The number of carbonyl (C=O) groups excluding carboxylic acids is 4. The van der Waals surface area contributed by atoms with Crippen LogP contribution in [0.3, 0.4) is 0 Å². The minimum atomic E-state index is -0.531. The van der Waals surface area contributed by atoms with Gasteiger partial charge in [-0.3, -0.25) is 19.2 Å². The number of Topliss-reactive ketones (excluding diaryl/α,β-unsaturated/α-hetero) is 3. The molecule has 3 fully saturated rings. The molecule has 0 aromatic rings. The Kier molecular flexibility index (Phi) is 32.7. The number of hydrogen-bond donors (Lipinski definition) is 7. The van der Waals surface area contributed by atoms with Gasteiger partial charge in [0, 0.05) is 62.2 Å². The summed E-state index contributed by atoms with van der Waals surface area (Å²) in [4.78, 5) is 49.6. The first kappa shape index (κ1) is 100. The predicted octanol–water partition coefficient (Wildman–Crippen LogP) is 21.8. The number of amides is 1. The van der Waals surface area contributed by atoms with Gasteiger partial charge in [0.2, 0.25) is 5.91 Å². The molecule has 0 bridgehead atoms. The summed E-state index contributed by atoms with van der Waals surface area (Å²) in [5, 5.41) is 74.3. The molecule has 1 amide bonds. The highest BCUT2D eigenvalue weighted by Gasteiger charge is 2.59. The quantitative estimate of drug-likeness (QED) is 0.0758. The van der Waals surface area contributed by atoms with Gasteiger partial charge in [0.05, 0.1) is 50.4 Å². The van der Waals surface area contributed by atoms with E-state index in [0.29, 0.717) is 18.6 Å². The van der Waals surface area contributed by atoms with E-state index < -0.39 is 27.6 Å². The fourth-order valence-electron chi connectivity index (χ4n) is 17.8. The van der Waals surface area contributed by atoms with Crippen molar-refractivity contribution < 1.29 is 50.4 Å². The van der Waals surface area contributed by atoms with Gasteiger partial charge in [-0.2, -0.15) is 30.4 Å². The van der Waals surface area contributed by atoms with E-state index in [4.69, 9.17) is 0 Å². The van der Waals surface area contributed by atoms with E-state index in [2.05, 4.69) is 149 Å². The Morgan fingerprint density at radius 3 is 1.04 bits per heavy atom. The zero-order valence-electron chi connectivity index (χ0n) is 76.1. The Labute approximate surface area is 645 Å². The summed E-state index contributed by atoms with van der Waals surface area (Å²) in [6.07, 6.45) is 19.1. The summed E-state index contributed by atoms with van der Waals surface area (Å²) in [5.41, 5.74) is -0.905. The normalized spacial score (nSPS) is 25.2. The maximum Gasteiger partial charge on any atom is 0.220 e. The summed E-state index contributed by atoms with van der Waals surface area (Å²) in [6, 6.07) is -0.0210. The molecule has 6 rings (SSSR count). The first-order chi connectivity index (χ1) is 46.5. The first-order valence-electron chi connectivity index (χ1n) is 40.5. The van der Waals surface area contributed by atoms with Gasteiger partial charge in [-0.15, -0.1) is 0 Å². The molecule has 2 atom stereocenters. The highest BCUT2D eigenvalue weighted by atomic mass is 16.5. The Bertz CT molecular complexity index is 2960. The molecule has 2 unspecified atom stereocenters. The number of hydroxylamine groups is 12. The average molecular weight is 1490 g/mol. The van der Waals surface area contributed by atoms with Crippen molar-refractivity contribution in [3.63, 3.8) is 0 Å². The summed E-state index contributed by atoms with van der Waals surface area (Å²) >= 11 is 0. The maximum atomic E-state index is 12.9. The molecule has 6 aliphatic rings. The van der Waals surface area contributed by atoms with Crippen LogP contribution in [0, 0.1) is 44.3 Å². The molecular formula is C88H169N7O10. The van der Waals surface area contributed by atoms with Gasteiger partial charge in [-0.1, -0.05) is 198 Å². The maximum absolute atomic E-state index is 12.9. The number of nitrogens with one attached hydrogen (secondary N) is 1. The summed E-state index contributed by atoms with van der Waals surface area (Å²) < 4.78 is 0. The highest BCUT2D eigenvalue weighted by Crippen LogP contribution is 2.53. The van der Waals surface area contributed by atoms with Crippen LogP contribution in [-0.2, 0) is 19.2 Å². The van der Waals surface area contributed by atoms with Crippen LogP contribution in [0.5, 0.6) is 0 Å². The zero-order valence-corrected chi connectivity index (χ0v) is 76.1. The third-order valence-electron chi connectivity index (χ3n) is 24.3. The largest absolute Gasteiger partial charge is 0.351 e. The van der Waals surface area contributed by atoms with Crippen LogP contribution in [0.1, 0.15) is 387 Å². The van der Waals surface area contributed by atoms with Crippen molar-refractivity contribution in [1.29, 1.82) is 0 Å². The van der Waals surface area contributed by atoms with E-state index in [1.807, 2.05) is 165 Å². The van der Waals surface area contributed by atoms with Crippen molar-refractivity contribution in [1.82, 2.24) is 35.7 Å². The Morgan fingerprint density at radius 1 is 0.390 bits per heavy atom. The molecule has 0 saturated carbocycles. The van der Waals surface area contributed by atoms with Crippen molar-refractivity contribution >= 4 is 23.3 Å². The van der Waals surface area contributed by atoms with Crippen molar-refractivity contribution in [2.45, 2.75) is 460 Å². The molecule has 0 aromatic heterocycles. The van der Waals surface area contributed by atoms with Crippen LogP contribution in [0.2, 0.25) is 0 Å². The summed E-state index contributed by atoms with van der Waals surface area (Å²) in [6.45, 7) is 86.3. The van der Waals surface area contributed by atoms with Crippen LogP contribution >= 0.6 is 0 Å². The van der Waals surface area contributed by atoms with Gasteiger partial charge >= 0.3 is 0 Å². The summed E-state index contributed by atoms with van der Waals surface area (Å²) in [5.74, 6) is 0.709. The standard InChI is InChI=1S/C17H31NO2.C17H33NO.C14H28N2O2.C14H27NO2.C13H25NO2.C13H25NO/c1-8-16(9-2)12-13(14(19)15(5,6)7)17(10-3,11-4)18(16)20;1-8-16(9-2)13-14(12-15(5,6)7)17(10-3,11-4)18(16)19;1-12(2,3)9-11(17)15-10-8-13(4,5)16(18)14(10,6)7;1-12(2,3)11(16)10-8-13(4,5)15(17)14(6,7)9-10;1-11(2,3)10(15)9-8-12(4,5)14(16)13(9,6)7;1-11(2,3)8-10-9-12(4,5)14(15)13(10,6)7/h12,20H,8-11H2,1-7H3;13,19H,8-12H2,1-7H3;10,18H,8-9H2,1-7H3,(H,15,17);10,17H,8-9H2,1-7H3;9,16H,8H2,1-7H3;9,15H,8H2,1-7H3. The van der Waals surface area contributed by atoms with Crippen LogP contribution in [-0.4, -0.2) is 157 Å². The first-order valence-corrected chi connectivity index (χ1v) is 40.5. The fraction of sp³-hybridized carbons (Fsp3) is 0.886. The Morgan fingerprint density at radius 2 is 0.743 bits per heavy atom. The van der Waals surface area contributed by atoms with Crippen LogP contribution in [0.25, 0.3) is 0 Å².